The first-order valence-corrected chi connectivity index (χ1v) is 8.56. The molecule has 0 fully saturated rings. The smallest absolute Gasteiger partial charge is 0.251 e. The molecule has 6 heteroatoms. The summed E-state index contributed by atoms with van der Waals surface area (Å²) in [7, 11) is 0.980. The third kappa shape index (κ3) is 5.69. The van der Waals surface area contributed by atoms with Crippen LogP contribution in [-0.4, -0.2) is 40.7 Å². The average Bonchev–Trinajstić information content (AvgIpc) is 2.43. The van der Waals surface area contributed by atoms with Crippen LogP contribution in [0.25, 0.3) is 0 Å². The first-order valence-electron chi connectivity index (χ1n) is 6.83. The Morgan fingerprint density at radius 1 is 1.40 bits per heavy atom. The highest BCUT2D eigenvalue weighted by molar-refractivity contribution is 7.84. The molecule has 0 bridgehead atoms. The zero-order valence-corrected chi connectivity index (χ0v) is 13.2. The Labute approximate surface area is 123 Å². The fourth-order valence-electron chi connectivity index (χ4n) is 1.81. The summed E-state index contributed by atoms with van der Waals surface area (Å²) in [5.74, 6) is 1.21. The number of pyridine rings is 1. The van der Waals surface area contributed by atoms with E-state index in [0.29, 0.717) is 23.7 Å². The number of anilines is 1. The van der Waals surface area contributed by atoms with E-state index in [1.165, 1.54) is 0 Å². The molecule has 0 aliphatic heterocycles. The second-order valence-corrected chi connectivity index (χ2v) is 6.17. The van der Waals surface area contributed by atoms with Gasteiger partial charge in [0.15, 0.2) is 0 Å². The van der Waals surface area contributed by atoms with E-state index in [0.717, 1.165) is 25.0 Å². The standard InChI is InChI=1S/C14H23N3O2S/c1-4-6-12-9-11(10-13(15-2)17-12)14(18)16-7-5-8-20(3)19/h9-10H,4-8H2,1-3H3,(H,15,17)(H,16,18). The van der Waals surface area contributed by atoms with E-state index in [9.17, 15) is 9.00 Å². The average molecular weight is 297 g/mol. The van der Waals surface area contributed by atoms with E-state index in [1.807, 2.05) is 6.07 Å². The Balaban J connectivity index is 2.66. The molecule has 1 unspecified atom stereocenters. The molecule has 1 heterocycles. The van der Waals surface area contributed by atoms with Gasteiger partial charge >= 0.3 is 0 Å². The van der Waals surface area contributed by atoms with Crippen LogP contribution in [-0.2, 0) is 17.2 Å². The van der Waals surface area contributed by atoms with Crippen LogP contribution in [0.15, 0.2) is 12.1 Å². The number of aryl methyl sites for hydroxylation is 1. The van der Waals surface area contributed by atoms with Crippen LogP contribution in [0.3, 0.4) is 0 Å². The van der Waals surface area contributed by atoms with E-state index >= 15 is 0 Å². The summed E-state index contributed by atoms with van der Waals surface area (Å²) in [5.41, 5.74) is 1.53. The second-order valence-electron chi connectivity index (χ2n) is 4.62. The molecule has 1 amide bonds. The highest BCUT2D eigenvalue weighted by Crippen LogP contribution is 2.11. The lowest BCUT2D eigenvalue weighted by molar-refractivity contribution is 0.0953. The van der Waals surface area contributed by atoms with Gasteiger partial charge in [-0.3, -0.25) is 9.00 Å². The predicted molar refractivity (Wildman–Crippen MR) is 83.7 cm³/mol. The van der Waals surface area contributed by atoms with Crippen LogP contribution in [0.4, 0.5) is 5.82 Å². The SMILES string of the molecule is CCCc1cc(C(=O)NCCCS(C)=O)cc(NC)n1. The third-order valence-electron chi connectivity index (χ3n) is 2.80. The molecule has 5 nitrogen and oxygen atoms in total. The Morgan fingerprint density at radius 2 is 2.15 bits per heavy atom. The maximum absolute atomic E-state index is 12.1. The molecule has 0 spiro atoms. The molecule has 0 aromatic carbocycles. The monoisotopic (exact) mass is 297 g/mol. The van der Waals surface area contributed by atoms with Crippen LogP contribution < -0.4 is 10.6 Å². The van der Waals surface area contributed by atoms with Gasteiger partial charge in [-0.25, -0.2) is 4.98 Å². The summed E-state index contributed by atoms with van der Waals surface area (Å²) in [5, 5.41) is 5.82. The molecule has 0 radical (unpaired) electrons. The summed E-state index contributed by atoms with van der Waals surface area (Å²) >= 11 is 0. The largest absolute Gasteiger partial charge is 0.373 e. The number of carbonyl (C=O) groups excluding carboxylic acids is 1. The van der Waals surface area contributed by atoms with Crippen LogP contribution >= 0.6 is 0 Å². The molecule has 1 rings (SSSR count). The number of aromatic nitrogens is 1. The Bertz CT molecular complexity index is 477. The summed E-state index contributed by atoms with van der Waals surface area (Å²) in [6.45, 7) is 2.62. The molecule has 2 N–H and O–H groups in total. The molecule has 1 aromatic heterocycles. The Morgan fingerprint density at radius 3 is 2.75 bits per heavy atom. The fraction of sp³-hybridized carbons (Fsp3) is 0.571. The quantitative estimate of drug-likeness (QED) is 0.715. The second kappa shape index (κ2) is 8.68. The molecule has 0 aliphatic carbocycles. The number of hydrogen-bond donors (Lipinski definition) is 2. The van der Waals surface area contributed by atoms with Crippen molar-refractivity contribution in [2.75, 3.05) is 30.9 Å². The van der Waals surface area contributed by atoms with Gasteiger partial charge in [0, 0.05) is 47.7 Å². The molecular weight excluding hydrogens is 274 g/mol. The van der Waals surface area contributed by atoms with Gasteiger partial charge < -0.3 is 10.6 Å². The van der Waals surface area contributed by atoms with Crippen molar-refractivity contribution in [3.8, 4) is 0 Å². The topological polar surface area (TPSA) is 71.1 Å². The van der Waals surface area contributed by atoms with Gasteiger partial charge in [-0.05, 0) is 25.0 Å². The number of hydrogen-bond acceptors (Lipinski definition) is 4. The van der Waals surface area contributed by atoms with Crippen molar-refractivity contribution in [2.45, 2.75) is 26.2 Å². The van der Waals surface area contributed by atoms with Crippen molar-refractivity contribution < 1.29 is 9.00 Å². The van der Waals surface area contributed by atoms with E-state index in [2.05, 4.69) is 22.5 Å². The first-order chi connectivity index (χ1) is 9.56. The highest BCUT2D eigenvalue weighted by Gasteiger charge is 2.09. The molecule has 0 aliphatic rings. The van der Waals surface area contributed by atoms with Crippen LogP contribution in [0.2, 0.25) is 0 Å². The van der Waals surface area contributed by atoms with Crippen molar-refractivity contribution in [3.05, 3.63) is 23.4 Å². The van der Waals surface area contributed by atoms with Crippen molar-refractivity contribution in [2.24, 2.45) is 0 Å². The zero-order chi connectivity index (χ0) is 15.0. The van der Waals surface area contributed by atoms with E-state index in [1.54, 1.807) is 19.4 Å². The summed E-state index contributed by atoms with van der Waals surface area (Å²) < 4.78 is 10.9. The van der Waals surface area contributed by atoms with Gasteiger partial charge in [0.1, 0.15) is 5.82 Å². The van der Waals surface area contributed by atoms with Gasteiger partial charge in [0.05, 0.1) is 0 Å². The highest BCUT2D eigenvalue weighted by atomic mass is 32.2. The molecular formula is C14H23N3O2S. The van der Waals surface area contributed by atoms with Gasteiger partial charge in [0.2, 0.25) is 0 Å². The lowest BCUT2D eigenvalue weighted by Crippen LogP contribution is -2.25. The molecule has 1 atom stereocenters. The first kappa shape index (κ1) is 16.6. The van der Waals surface area contributed by atoms with Gasteiger partial charge in [0.25, 0.3) is 5.91 Å². The normalized spacial score (nSPS) is 11.9. The summed E-state index contributed by atoms with van der Waals surface area (Å²) in [4.78, 5) is 16.5. The Hall–Kier alpha value is -1.43. The summed E-state index contributed by atoms with van der Waals surface area (Å²) in [6, 6.07) is 3.57. The van der Waals surface area contributed by atoms with Crippen LogP contribution in [0, 0.1) is 0 Å². The maximum atomic E-state index is 12.1. The predicted octanol–water partition coefficient (Wildman–Crippen LogP) is 1.57. The van der Waals surface area contributed by atoms with E-state index < -0.39 is 10.8 Å². The number of carbonyl (C=O) groups is 1. The molecule has 0 saturated carbocycles. The number of rotatable bonds is 8. The molecule has 1 aromatic rings. The molecule has 20 heavy (non-hydrogen) atoms. The van der Waals surface area contributed by atoms with Crippen molar-refractivity contribution >= 4 is 22.5 Å². The lowest BCUT2D eigenvalue weighted by atomic mass is 10.1. The zero-order valence-electron chi connectivity index (χ0n) is 12.4. The van der Waals surface area contributed by atoms with Gasteiger partial charge in [-0.1, -0.05) is 13.3 Å². The van der Waals surface area contributed by atoms with Crippen molar-refractivity contribution in [1.82, 2.24) is 10.3 Å². The van der Waals surface area contributed by atoms with E-state index in [-0.39, 0.29) is 5.91 Å². The Kier molecular flexibility index (Phi) is 7.22. The van der Waals surface area contributed by atoms with Crippen molar-refractivity contribution in [3.63, 3.8) is 0 Å². The minimum absolute atomic E-state index is 0.108. The number of nitrogens with one attached hydrogen (secondary N) is 2. The van der Waals surface area contributed by atoms with Gasteiger partial charge in [-0.2, -0.15) is 0 Å². The van der Waals surface area contributed by atoms with Crippen molar-refractivity contribution in [1.29, 1.82) is 0 Å². The van der Waals surface area contributed by atoms with E-state index in [4.69, 9.17) is 0 Å². The van der Waals surface area contributed by atoms with Crippen LogP contribution in [0.5, 0.6) is 0 Å². The number of nitrogens with zero attached hydrogens (tertiary/aromatic N) is 1. The summed E-state index contributed by atoms with van der Waals surface area (Å²) in [6.07, 6.45) is 4.23. The van der Waals surface area contributed by atoms with Crippen LogP contribution in [0.1, 0.15) is 35.8 Å². The minimum Gasteiger partial charge on any atom is -0.373 e. The number of amides is 1. The van der Waals surface area contributed by atoms with Gasteiger partial charge in [-0.15, -0.1) is 0 Å². The minimum atomic E-state index is -0.808. The maximum Gasteiger partial charge on any atom is 0.251 e. The fourth-order valence-corrected chi connectivity index (χ4v) is 2.36. The molecule has 0 saturated heterocycles. The molecule has 112 valence electrons. The third-order valence-corrected chi connectivity index (χ3v) is 3.66. The lowest BCUT2D eigenvalue weighted by Gasteiger charge is -2.09.